The lowest BCUT2D eigenvalue weighted by molar-refractivity contribution is -0.136. The summed E-state index contributed by atoms with van der Waals surface area (Å²) in [5, 5.41) is 14.5. The molecule has 0 saturated carbocycles. The van der Waals surface area contributed by atoms with Gasteiger partial charge in [0.1, 0.15) is 0 Å². The maximum Gasteiger partial charge on any atom is 0.303 e. The number of halogens is 1. The summed E-state index contributed by atoms with van der Waals surface area (Å²) in [5.41, 5.74) is 3.06. The fraction of sp³-hybridized carbons (Fsp3) is 0.188. The highest BCUT2D eigenvalue weighted by atomic mass is 35.5. The Kier molecular flexibility index (Phi) is 3.81. The molecule has 0 aliphatic rings. The third-order valence-electron chi connectivity index (χ3n) is 3.50. The van der Waals surface area contributed by atoms with Gasteiger partial charge < -0.3 is 5.11 Å². The summed E-state index contributed by atoms with van der Waals surface area (Å²) in [4.78, 5) is 15.5. The molecule has 0 unspecified atom stereocenters. The van der Waals surface area contributed by atoms with E-state index in [2.05, 4.69) is 10.1 Å². The van der Waals surface area contributed by atoms with Crippen molar-refractivity contribution in [2.24, 2.45) is 7.05 Å². The molecule has 3 aromatic rings. The zero-order valence-corrected chi connectivity index (χ0v) is 12.7. The maximum absolute atomic E-state index is 10.9. The Balaban J connectivity index is 2.21. The van der Waals surface area contributed by atoms with Crippen molar-refractivity contribution in [1.29, 1.82) is 0 Å². The zero-order valence-electron chi connectivity index (χ0n) is 12.0. The number of hydrogen-bond acceptors (Lipinski definition) is 3. The van der Waals surface area contributed by atoms with Crippen LogP contribution in [0, 0.1) is 0 Å². The molecule has 0 aliphatic carbocycles. The highest BCUT2D eigenvalue weighted by Gasteiger charge is 2.16. The van der Waals surface area contributed by atoms with E-state index in [1.807, 2.05) is 37.5 Å². The Bertz CT molecular complexity index is 858. The van der Waals surface area contributed by atoms with Crippen LogP contribution < -0.4 is 0 Å². The number of hydrogen-bond donors (Lipinski definition) is 1. The van der Waals surface area contributed by atoms with Crippen LogP contribution in [0.5, 0.6) is 0 Å². The number of carboxylic acid groups (broad SMARTS) is 1. The van der Waals surface area contributed by atoms with Crippen molar-refractivity contribution in [3.05, 3.63) is 47.2 Å². The number of carbonyl (C=O) groups is 1. The van der Waals surface area contributed by atoms with Gasteiger partial charge in [0.15, 0.2) is 0 Å². The number of aliphatic carboxylic acids is 1. The maximum atomic E-state index is 10.9. The molecule has 3 rings (SSSR count). The summed E-state index contributed by atoms with van der Waals surface area (Å²) in [5.74, 6) is -0.847. The molecule has 5 nitrogen and oxygen atoms in total. The van der Waals surface area contributed by atoms with E-state index in [1.54, 1.807) is 10.9 Å². The summed E-state index contributed by atoms with van der Waals surface area (Å²) >= 11 is 6.52. The number of fused-ring (bicyclic) bond motifs is 1. The van der Waals surface area contributed by atoms with Gasteiger partial charge in [-0.15, -0.1) is 0 Å². The predicted octanol–water partition coefficient (Wildman–Crippen LogP) is 3.31. The first-order valence-electron chi connectivity index (χ1n) is 6.84. The van der Waals surface area contributed by atoms with E-state index in [0.29, 0.717) is 17.1 Å². The molecule has 0 saturated heterocycles. The number of rotatable bonds is 4. The van der Waals surface area contributed by atoms with Gasteiger partial charge in [-0.3, -0.25) is 9.48 Å². The number of nitrogens with zero attached hydrogens (tertiary/aromatic N) is 3. The van der Waals surface area contributed by atoms with Crippen LogP contribution in [0.2, 0.25) is 5.02 Å². The molecule has 0 fully saturated rings. The molecule has 0 spiro atoms. The summed E-state index contributed by atoms with van der Waals surface area (Å²) in [6, 6.07) is 7.61. The van der Waals surface area contributed by atoms with E-state index in [-0.39, 0.29) is 6.42 Å². The first-order chi connectivity index (χ1) is 10.6. The van der Waals surface area contributed by atoms with E-state index in [9.17, 15) is 4.79 Å². The summed E-state index contributed by atoms with van der Waals surface area (Å²) in [7, 11) is 1.82. The van der Waals surface area contributed by atoms with Crippen LogP contribution in [0.4, 0.5) is 0 Å². The average Bonchev–Trinajstić information content (AvgIpc) is 2.92. The van der Waals surface area contributed by atoms with Crippen LogP contribution in [0.1, 0.15) is 12.0 Å². The Morgan fingerprint density at radius 1 is 1.36 bits per heavy atom. The Morgan fingerprint density at radius 2 is 2.14 bits per heavy atom. The topological polar surface area (TPSA) is 68.0 Å². The van der Waals surface area contributed by atoms with E-state index in [0.717, 1.165) is 22.0 Å². The van der Waals surface area contributed by atoms with Gasteiger partial charge >= 0.3 is 5.97 Å². The molecule has 6 heteroatoms. The summed E-state index contributed by atoms with van der Waals surface area (Å²) < 4.78 is 1.68. The molecule has 0 bridgehead atoms. The average molecular weight is 316 g/mol. The largest absolute Gasteiger partial charge is 0.481 e. The molecule has 22 heavy (non-hydrogen) atoms. The first-order valence-corrected chi connectivity index (χ1v) is 7.22. The standard InChI is InChI=1S/C16H14ClN3O2/c1-20-9-10(8-18-20)16-15(17)12(6-7-14(21)22)11-4-2-3-5-13(11)19-16/h2-5,8-9H,6-7H2,1H3,(H,21,22). The van der Waals surface area contributed by atoms with Crippen molar-refractivity contribution in [2.45, 2.75) is 12.8 Å². The number of benzene rings is 1. The Labute approximate surface area is 132 Å². The lowest BCUT2D eigenvalue weighted by Crippen LogP contribution is -2.01. The molecule has 2 aromatic heterocycles. The van der Waals surface area contributed by atoms with Crippen LogP contribution in [-0.4, -0.2) is 25.8 Å². The van der Waals surface area contributed by atoms with Crippen molar-refractivity contribution >= 4 is 28.5 Å². The van der Waals surface area contributed by atoms with E-state index in [4.69, 9.17) is 16.7 Å². The second kappa shape index (κ2) is 5.77. The minimum atomic E-state index is -0.847. The van der Waals surface area contributed by atoms with Gasteiger partial charge in [-0.05, 0) is 18.1 Å². The summed E-state index contributed by atoms with van der Waals surface area (Å²) in [6.07, 6.45) is 3.93. The SMILES string of the molecule is Cn1cc(-c2nc3ccccc3c(CCC(=O)O)c2Cl)cn1. The molecule has 0 radical (unpaired) electrons. The van der Waals surface area contributed by atoms with Crippen molar-refractivity contribution in [3.63, 3.8) is 0 Å². The first kappa shape index (κ1) is 14.5. The summed E-state index contributed by atoms with van der Waals surface area (Å²) in [6.45, 7) is 0. The number of carboxylic acids is 1. The molecule has 112 valence electrons. The molecule has 2 heterocycles. The lowest BCUT2D eigenvalue weighted by atomic mass is 10.0. The molecule has 1 N–H and O–H groups in total. The minimum Gasteiger partial charge on any atom is -0.481 e. The number of para-hydroxylation sites is 1. The molecular weight excluding hydrogens is 302 g/mol. The van der Waals surface area contributed by atoms with E-state index in [1.165, 1.54) is 0 Å². The van der Waals surface area contributed by atoms with Gasteiger partial charge in [-0.25, -0.2) is 4.98 Å². The van der Waals surface area contributed by atoms with Gasteiger partial charge in [-0.1, -0.05) is 29.8 Å². The Morgan fingerprint density at radius 3 is 2.82 bits per heavy atom. The third-order valence-corrected chi connectivity index (χ3v) is 3.91. The molecule has 0 amide bonds. The second-order valence-electron chi connectivity index (χ2n) is 5.07. The van der Waals surface area contributed by atoms with Gasteiger partial charge in [-0.2, -0.15) is 5.10 Å². The van der Waals surface area contributed by atoms with Crippen LogP contribution in [0.25, 0.3) is 22.2 Å². The van der Waals surface area contributed by atoms with Crippen molar-refractivity contribution < 1.29 is 9.90 Å². The Hall–Kier alpha value is -2.40. The van der Waals surface area contributed by atoms with Gasteiger partial charge in [0.2, 0.25) is 0 Å². The van der Waals surface area contributed by atoms with Crippen LogP contribution in [0.15, 0.2) is 36.7 Å². The van der Waals surface area contributed by atoms with Crippen molar-refractivity contribution in [3.8, 4) is 11.3 Å². The smallest absolute Gasteiger partial charge is 0.303 e. The highest BCUT2D eigenvalue weighted by molar-refractivity contribution is 6.34. The quantitative estimate of drug-likeness (QED) is 0.802. The second-order valence-corrected chi connectivity index (χ2v) is 5.44. The normalized spacial score (nSPS) is 11.0. The number of aromatic nitrogens is 3. The predicted molar refractivity (Wildman–Crippen MR) is 84.9 cm³/mol. The minimum absolute atomic E-state index is 0.0280. The van der Waals surface area contributed by atoms with Crippen LogP contribution >= 0.6 is 11.6 Å². The highest BCUT2D eigenvalue weighted by Crippen LogP contribution is 2.34. The van der Waals surface area contributed by atoms with Gasteiger partial charge in [0, 0.05) is 30.6 Å². The fourth-order valence-electron chi connectivity index (χ4n) is 2.47. The zero-order chi connectivity index (χ0) is 15.7. The van der Waals surface area contributed by atoms with Crippen molar-refractivity contribution in [2.75, 3.05) is 0 Å². The van der Waals surface area contributed by atoms with E-state index >= 15 is 0 Å². The fourth-order valence-corrected chi connectivity index (χ4v) is 2.82. The lowest BCUT2D eigenvalue weighted by Gasteiger charge is -2.11. The van der Waals surface area contributed by atoms with E-state index < -0.39 is 5.97 Å². The molecule has 0 atom stereocenters. The van der Waals surface area contributed by atoms with Gasteiger partial charge in [0.05, 0.1) is 22.4 Å². The number of aryl methyl sites for hydroxylation is 2. The van der Waals surface area contributed by atoms with Gasteiger partial charge in [0.25, 0.3) is 0 Å². The molecule has 1 aromatic carbocycles. The van der Waals surface area contributed by atoms with Crippen LogP contribution in [0.3, 0.4) is 0 Å². The molecular formula is C16H14ClN3O2. The third kappa shape index (κ3) is 2.67. The molecule has 0 aliphatic heterocycles. The van der Waals surface area contributed by atoms with Crippen LogP contribution in [-0.2, 0) is 18.3 Å². The van der Waals surface area contributed by atoms with Crippen molar-refractivity contribution in [1.82, 2.24) is 14.8 Å². The number of pyridine rings is 1. The monoisotopic (exact) mass is 315 g/mol.